The van der Waals surface area contributed by atoms with Gasteiger partial charge in [0.05, 0.1) is 6.54 Å². The van der Waals surface area contributed by atoms with Gasteiger partial charge in [0.2, 0.25) is 5.91 Å². The molecule has 0 unspecified atom stereocenters. The van der Waals surface area contributed by atoms with Gasteiger partial charge in [-0.05, 0) is 48.7 Å². The molecule has 0 aliphatic carbocycles. The van der Waals surface area contributed by atoms with Crippen LogP contribution >= 0.6 is 0 Å². The number of amides is 1. The number of nitrogens with one attached hydrogen (secondary N) is 1. The second kappa shape index (κ2) is 6.89. The van der Waals surface area contributed by atoms with Crippen LogP contribution in [0.15, 0.2) is 47.5 Å². The number of hydrogen-bond acceptors (Lipinski definition) is 3. The van der Waals surface area contributed by atoms with Gasteiger partial charge in [0.15, 0.2) is 0 Å². The topological polar surface area (TPSA) is 66.1 Å². The van der Waals surface area contributed by atoms with Gasteiger partial charge in [-0.15, -0.1) is 0 Å². The molecule has 2 aromatic heterocycles. The molecule has 0 fully saturated rings. The van der Waals surface area contributed by atoms with Crippen LogP contribution in [0.5, 0.6) is 0 Å². The normalized spacial score (nSPS) is 10.8. The zero-order valence-corrected chi connectivity index (χ0v) is 14.7. The van der Waals surface area contributed by atoms with Gasteiger partial charge >= 0.3 is 0 Å². The number of aryl methyl sites for hydroxylation is 2. The Balaban J connectivity index is 1.96. The van der Waals surface area contributed by atoms with E-state index >= 15 is 0 Å². The summed E-state index contributed by atoms with van der Waals surface area (Å²) in [4.78, 5) is 33.2. The number of rotatable bonds is 4. The molecule has 0 bridgehead atoms. The van der Waals surface area contributed by atoms with Crippen LogP contribution in [0.4, 0.5) is 0 Å². The molecule has 5 nitrogen and oxygen atoms in total. The van der Waals surface area contributed by atoms with Crippen LogP contribution in [-0.2, 0) is 17.9 Å². The van der Waals surface area contributed by atoms with E-state index in [1.54, 1.807) is 17.3 Å². The van der Waals surface area contributed by atoms with Gasteiger partial charge in [0.25, 0.3) is 5.56 Å². The third-order valence-corrected chi connectivity index (χ3v) is 4.29. The summed E-state index contributed by atoms with van der Waals surface area (Å²) in [5.41, 5.74) is 4.40. The van der Waals surface area contributed by atoms with Crippen LogP contribution in [0.25, 0.3) is 10.9 Å². The van der Waals surface area contributed by atoms with E-state index in [2.05, 4.69) is 16.0 Å². The maximum absolute atomic E-state index is 12.5. The first-order chi connectivity index (χ1) is 11.9. The van der Waals surface area contributed by atoms with Crippen LogP contribution in [0.2, 0.25) is 0 Å². The number of H-pyrrole nitrogens is 1. The van der Waals surface area contributed by atoms with Crippen molar-refractivity contribution in [3.63, 3.8) is 0 Å². The first kappa shape index (κ1) is 16.9. The van der Waals surface area contributed by atoms with E-state index in [0.717, 1.165) is 27.6 Å². The first-order valence-corrected chi connectivity index (χ1v) is 8.21. The molecule has 128 valence electrons. The second-order valence-electron chi connectivity index (χ2n) is 6.40. The zero-order chi connectivity index (χ0) is 18.0. The number of aromatic amines is 1. The minimum absolute atomic E-state index is 0.0796. The van der Waals surface area contributed by atoms with Gasteiger partial charge in [-0.2, -0.15) is 0 Å². The molecule has 3 rings (SSSR count). The minimum Gasteiger partial charge on any atom is -0.334 e. The molecule has 3 aromatic rings. The fraction of sp³-hybridized carbons (Fsp3) is 0.250. The van der Waals surface area contributed by atoms with Crippen molar-refractivity contribution in [2.75, 3.05) is 0 Å². The largest absolute Gasteiger partial charge is 0.334 e. The Morgan fingerprint density at radius 3 is 2.68 bits per heavy atom. The van der Waals surface area contributed by atoms with E-state index in [-0.39, 0.29) is 18.0 Å². The molecule has 0 atom stereocenters. The molecule has 0 saturated carbocycles. The lowest BCUT2D eigenvalue weighted by atomic mass is 10.0. The number of carbonyl (C=O) groups is 1. The summed E-state index contributed by atoms with van der Waals surface area (Å²) < 4.78 is 0. The third-order valence-electron chi connectivity index (χ3n) is 4.29. The second-order valence-corrected chi connectivity index (χ2v) is 6.40. The number of nitrogens with zero attached hydrogens (tertiary/aromatic N) is 2. The average Bonchev–Trinajstić information content (AvgIpc) is 2.56. The average molecular weight is 335 g/mol. The highest BCUT2D eigenvalue weighted by Gasteiger charge is 2.14. The fourth-order valence-electron chi connectivity index (χ4n) is 3.03. The predicted molar refractivity (Wildman–Crippen MR) is 98.2 cm³/mol. The van der Waals surface area contributed by atoms with E-state index in [1.165, 1.54) is 6.92 Å². The standard InChI is InChI=1S/C20H21N3O2/c1-13-7-14(2)18-9-17(20(25)22-19(18)8-13)12-23(15(3)24)11-16-5-4-6-21-10-16/h4-10H,11-12H2,1-3H3,(H,22,25). The Bertz CT molecular complexity index is 977. The molecule has 1 aromatic carbocycles. The van der Waals surface area contributed by atoms with Crippen molar-refractivity contribution in [1.82, 2.24) is 14.9 Å². The molecule has 0 aliphatic heterocycles. The van der Waals surface area contributed by atoms with Crippen LogP contribution < -0.4 is 5.56 Å². The quantitative estimate of drug-likeness (QED) is 0.797. The summed E-state index contributed by atoms with van der Waals surface area (Å²) in [6.07, 6.45) is 3.42. The Kier molecular flexibility index (Phi) is 4.65. The summed E-state index contributed by atoms with van der Waals surface area (Å²) in [6.45, 7) is 6.23. The maximum Gasteiger partial charge on any atom is 0.253 e. The highest BCUT2D eigenvalue weighted by atomic mass is 16.2. The maximum atomic E-state index is 12.5. The Hall–Kier alpha value is -2.95. The van der Waals surface area contributed by atoms with Crippen molar-refractivity contribution in [2.24, 2.45) is 0 Å². The number of benzene rings is 1. The molecule has 25 heavy (non-hydrogen) atoms. The Labute approximate surface area is 146 Å². The van der Waals surface area contributed by atoms with Crippen LogP contribution in [0.1, 0.15) is 29.2 Å². The van der Waals surface area contributed by atoms with E-state index in [4.69, 9.17) is 0 Å². The van der Waals surface area contributed by atoms with Crippen molar-refractivity contribution in [1.29, 1.82) is 0 Å². The smallest absolute Gasteiger partial charge is 0.253 e. The highest BCUT2D eigenvalue weighted by Crippen LogP contribution is 2.19. The number of hydrogen-bond donors (Lipinski definition) is 1. The monoisotopic (exact) mass is 335 g/mol. The van der Waals surface area contributed by atoms with Gasteiger partial charge in [-0.25, -0.2) is 0 Å². The van der Waals surface area contributed by atoms with Crippen molar-refractivity contribution >= 4 is 16.8 Å². The van der Waals surface area contributed by atoms with E-state index in [9.17, 15) is 9.59 Å². The first-order valence-electron chi connectivity index (χ1n) is 8.21. The van der Waals surface area contributed by atoms with Gasteiger partial charge in [-0.1, -0.05) is 12.1 Å². The Morgan fingerprint density at radius 2 is 2.00 bits per heavy atom. The van der Waals surface area contributed by atoms with Crippen molar-refractivity contribution in [2.45, 2.75) is 33.9 Å². The summed E-state index contributed by atoms with van der Waals surface area (Å²) in [5, 5.41) is 1.00. The molecular weight excluding hydrogens is 314 g/mol. The van der Waals surface area contributed by atoms with Crippen molar-refractivity contribution < 1.29 is 4.79 Å². The lowest BCUT2D eigenvalue weighted by Crippen LogP contribution is -2.30. The van der Waals surface area contributed by atoms with Crippen LogP contribution in [0.3, 0.4) is 0 Å². The lowest BCUT2D eigenvalue weighted by molar-refractivity contribution is -0.130. The minimum atomic E-state index is -0.157. The number of aromatic nitrogens is 2. The van der Waals surface area contributed by atoms with E-state index < -0.39 is 0 Å². The molecule has 2 heterocycles. The van der Waals surface area contributed by atoms with Crippen LogP contribution in [0, 0.1) is 13.8 Å². The molecule has 0 radical (unpaired) electrons. The summed E-state index contributed by atoms with van der Waals surface area (Å²) in [5.74, 6) is -0.0796. The summed E-state index contributed by atoms with van der Waals surface area (Å²) in [6, 6.07) is 9.69. The number of fused-ring (bicyclic) bond motifs is 1. The van der Waals surface area contributed by atoms with Gasteiger partial charge < -0.3 is 9.88 Å². The van der Waals surface area contributed by atoms with E-state index in [1.807, 2.05) is 38.1 Å². The van der Waals surface area contributed by atoms with Gasteiger partial charge in [0.1, 0.15) is 0 Å². The van der Waals surface area contributed by atoms with Gasteiger partial charge in [0, 0.05) is 42.3 Å². The Morgan fingerprint density at radius 1 is 1.20 bits per heavy atom. The molecule has 0 spiro atoms. The van der Waals surface area contributed by atoms with E-state index in [0.29, 0.717) is 12.1 Å². The predicted octanol–water partition coefficient (Wildman–Crippen LogP) is 3.09. The molecule has 1 amide bonds. The number of carbonyl (C=O) groups excluding carboxylic acids is 1. The molecule has 5 heteroatoms. The molecule has 0 aliphatic rings. The SMILES string of the molecule is CC(=O)N(Cc1cccnc1)Cc1cc2c(C)cc(C)cc2[nH]c1=O. The number of pyridine rings is 2. The molecular formula is C20H21N3O2. The molecule has 0 saturated heterocycles. The fourth-order valence-corrected chi connectivity index (χ4v) is 3.03. The summed E-state index contributed by atoms with van der Waals surface area (Å²) in [7, 11) is 0. The van der Waals surface area contributed by atoms with Gasteiger partial charge in [-0.3, -0.25) is 14.6 Å². The van der Waals surface area contributed by atoms with Crippen molar-refractivity contribution in [3.8, 4) is 0 Å². The van der Waals surface area contributed by atoms with Crippen molar-refractivity contribution in [3.05, 3.63) is 75.3 Å². The molecule has 1 N–H and O–H groups in total. The van der Waals surface area contributed by atoms with Crippen LogP contribution in [-0.4, -0.2) is 20.8 Å². The third kappa shape index (κ3) is 3.76. The lowest BCUT2D eigenvalue weighted by Gasteiger charge is -2.21. The summed E-state index contributed by atoms with van der Waals surface area (Å²) >= 11 is 0. The zero-order valence-electron chi connectivity index (χ0n) is 14.7. The highest BCUT2D eigenvalue weighted by molar-refractivity contribution is 5.83.